The monoisotopic (exact) mass is 316 g/mol. The molecule has 20 heavy (non-hydrogen) atoms. The number of benzene rings is 1. The number of nitrogens with one attached hydrogen (secondary N) is 2. The molecule has 2 N–H and O–H groups in total. The number of rotatable bonds is 8. The summed E-state index contributed by atoms with van der Waals surface area (Å²) in [5.41, 5.74) is 0.804. The van der Waals surface area contributed by atoms with Crippen LogP contribution in [0.1, 0.15) is 31.7 Å². The number of sulfonamides is 1. The van der Waals surface area contributed by atoms with Crippen LogP contribution in [0.4, 0.5) is 0 Å². The molecular formula is C14H21ClN2O2S. The molecule has 1 aliphatic rings. The Morgan fingerprint density at radius 1 is 1.35 bits per heavy atom. The number of hydrogen-bond acceptors (Lipinski definition) is 3. The molecule has 0 heterocycles. The van der Waals surface area contributed by atoms with Crippen molar-refractivity contribution in [1.82, 2.24) is 10.0 Å². The van der Waals surface area contributed by atoms with Crippen LogP contribution in [0.25, 0.3) is 0 Å². The zero-order valence-corrected chi connectivity index (χ0v) is 13.2. The van der Waals surface area contributed by atoms with Crippen molar-refractivity contribution in [2.45, 2.75) is 37.6 Å². The highest BCUT2D eigenvalue weighted by atomic mass is 35.5. The minimum atomic E-state index is -3.43. The van der Waals surface area contributed by atoms with Crippen LogP contribution in [-0.2, 0) is 16.6 Å². The van der Waals surface area contributed by atoms with Gasteiger partial charge in [-0.3, -0.25) is 0 Å². The zero-order chi connectivity index (χ0) is 14.6. The van der Waals surface area contributed by atoms with Gasteiger partial charge in [-0.15, -0.1) is 0 Å². The minimum absolute atomic E-state index is 0.283. The molecule has 1 fully saturated rings. The summed E-state index contributed by atoms with van der Waals surface area (Å²) in [6.45, 7) is 3.89. The van der Waals surface area contributed by atoms with E-state index in [0.29, 0.717) is 24.0 Å². The van der Waals surface area contributed by atoms with Crippen molar-refractivity contribution < 1.29 is 8.42 Å². The van der Waals surface area contributed by atoms with Crippen LogP contribution < -0.4 is 10.0 Å². The lowest BCUT2D eigenvalue weighted by Crippen LogP contribution is -2.25. The third-order valence-corrected chi connectivity index (χ3v) is 5.26. The maximum Gasteiger partial charge on any atom is 0.240 e. The third-order valence-electron chi connectivity index (χ3n) is 3.43. The summed E-state index contributed by atoms with van der Waals surface area (Å²) in [5, 5.41) is 3.74. The lowest BCUT2D eigenvalue weighted by Gasteiger charge is -2.10. The van der Waals surface area contributed by atoms with E-state index in [0.717, 1.165) is 18.5 Å². The van der Waals surface area contributed by atoms with Crippen LogP contribution in [0.5, 0.6) is 0 Å². The maximum atomic E-state index is 12.2. The Hall–Kier alpha value is -0.620. The van der Waals surface area contributed by atoms with Crippen molar-refractivity contribution >= 4 is 21.6 Å². The van der Waals surface area contributed by atoms with Gasteiger partial charge < -0.3 is 5.32 Å². The molecule has 0 unspecified atom stereocenters. The van der Waals surface area contributed by atoms with Crippen molar-refractivity contribution in [1.29, 1.82) is 0 Å². The minimum Gasteiger partial charge on any atom is -0.313 e. The number of hydrogen-bond donors (Lipinski definition) is 2. The van der Waals surface area contributed by atoms with Gasteiger partial charge in [0.1, 0.15) is 0 Å². The zero-order valence-electron chi connectivity index (χ0n) is 11.7. The molecule has 1 aliphatic carbocycles. The predicted octanol–water partition coefficient (Wildman–Crippen LogP) is 2.53. The molecule has 0 aliphatic heterocycles. The molecule has 0 aromatic heterocycles. The molecule has 4 nitrogen and oxygen atoms in total. The van der Waals surface area contributed by atoms with Crippen LogP contribution in [-0.4, -0.2) is 21.5 Å². The molecule has 1 saturated carbocycles. The summed E-state index contributed by atoms with van der Waals surface area (Å²) in [7, 11) is -3.43. The van der Waals surface area contributed by atoms with Gasteiger partial charge in [0.25, 0.3) is 0 Å². The Bertz CT molecular complexity index is 556. The average Bonchev–Trinajstić information content (AvgIpc) is 3.21. The highest BCUT2D eigenvalue weighted by molar-refractivity contribution is 7.89. The summed E-state index contributed by atoms with van der Waals surface area (Å²) < 4.78 is 27.1. The van der Waals surface area contributed by atoms with Crippen LogP contribution >= 0.6 is 11.6 Å². The lowest BCUT2D eigenvalue weighted by molar-refractivity contribution is 0.575. The van der Waals surface area contributed by atoms with Gasteiger partial charge in [0.05, 0.1) is 4.90 Å². The highest BCUT2D eigenvalue weighted by Crippen LogP contribution is 2.31. The van der Waals surface area contributed by atoms with Crippen molar-refractivity contribution in [3.63, 3.8) is 0 Å². The first-order valence-electron chi connectivity index (χ1n) is 7.01. The molecule has 0 amide bonds. The van der Waals surface area contributed by atoms with Gasteiger partial charge in [-0.25, -0.2) is 13.1 Å². The summed E-state index contributed by atoms with van der Waals surface area (Å²) in [4.78, 5) is 0.283. The van der Waals surface area contributed by atoms with Gasteiger partial charge in [-0.2, -0.15) is 0 Å². The van der Waals surface area contributed by atoms with Crippen molar-refractivity contribution in [2.24, 2.45) is 5.92 Å². The van der Waals surface area contributed by atoms with E-state index in [2.05, 4.69) is 10.0 Å². The normalized spacial score (nSPS) is 15.5. The molecule has 112 valence electrons. The SMILES string of the molecule is CCNCc1cc(S(=O)(=O)NCCC2CC2)ccc1Cl. The maximum absolute atomic E-state index is 12.2. The van der Waals surface area contributed by atoms with E-state index in [1.807, 2.05) is 6.92 Å². The van der Waals surface area contributed by atoms with Crippen LogP contribution in [0.15, 0.2) is 23.1 Å². The van der Waals surface area contributed by atoms with E-state index in [1.54, 1.807) is 18.2 Å². The van der Waals surface area contributed by atoms with E-state index in [-0.39, 0.29) is 4.90 Å². The second kappa shape index (κ2) is 6.89. The number of halogens is 1. The van der Waals surface area contributed by atoms with Crippen molar-refractivity contribution in [3.8, 4) is 0 Å². The second-order valence-corrected chi connectivity index (χ2v) is 7.34. The van der Waals surface area contributed by atoms with E-state index < -0.39 is 10.0 Å². The fourth-order valence-corrected chi connectivity index (χ4v) is 3.28. The van der Waals surface area contributed by atoms with Gasteiger partial charge in [0.2, 0.25) is 10.0 Å². The second-order valence-electron chi connectivity index (χ2n) is 5.16. The van der Waals surface area contributed by atoms with Gasteiger partial charge in [-0.1, -0.05) is 31.4 Å². The molecule has 1 aromatic carbocycles. The van der Waals surface area contributed by atoms with E-state index in [1.165, 1.54) is 12.8 Å². The van der Waals surface area contributed by atoms with Gasteiger partial charge in [-0.05, 0) is 42.6 Å². The quantitative estimate of drug-likeness (QED) is 0.775. The fraction of sp³-hybridized carbons (Fsp3) is 0.571. The Labute approximate surface area is 126 Å². The van der Waals surface area contributed by atoms with Crippen LogP contribution in [0, 0.1) is 5.92 Å². The molecule has 2 rings (SSSR count). The third kappa shape index (κ3) is 4.45. The first kappa shape index (κ1) is 15.8. The first-order valence-corrected chi connectivity index (χ1v) is 8.88. The molecule has 0 spiro atoms. The summed E-state index contributed by atoms with van der Waals surface area (Å²) in [6.07, 6.45) is 3.39. The summed E-state index contributed by atoms with van der Waals surface area (Å²) >= 11 is 6.08. The van der Waals surface area contributed by atoms with Gasteiger partial charge >= 0.3 is 0 Å². The van der Waals surface area contributed by atoms with Gasteiger partial charge in [0, 0.05) is 18.1 Å². The Morgan fingerprint density at radius 2 is 2.10 bits per heavy atom. The van der Waals surface area contributed by atoms with Crippen LogP contribution in [0.2, 0.25) is 5.02 Å². The van der Waals surface area contributed by atoms with E-state index in [4.69, 9.17) is 11.6 Å². The molecule has 0 radical (unpaired) electrons. The van der Waals surface area contributed by atoms with Crippen LogP contribution in [0.3, 0.4) is 0 Å². The topological polar surface area (TPSA) is 58.2 Å². The smallest absolute Gasteiger partial charge is 0.240 e. The Morgan fingerprint density at radius 3 is 2.75 bits per heavy atom. The predicted molar refractivity (Wildman–Crippen MR) is 81.4 cm³/mol. The van der Waals surface area contributed by atoms with E-state index >= 15 is 0 Å². The summed E-state index contributed by atoms with van der Waals surface area (Å²) in [5.74, 6) is 0.715. The molecule has 0 atom stereocenters. The van der Waals surface area contributed by atoms with Gasteiger partial charge in [0.15, 0.2) is 0 Å². The largest absolute Gasteiger partial charge is 0.313 e. The molecule has 0 saturated heterocycles. The standard InChI is InChI=1S/C14H21ClN2O2S/c1-2-16-10-12-9-13(5-6-14(12)15)20(18,19)17-8-7-11-3-4-11/h5-6,9,11,16-17H,2-4,7-8,10H2,1H3. The molecular weight excluding hydrogens is 296 g/mol. The first-order chi connectivity index (χ1) is 9.53. The average molecular weight is 317 g/mol. The molecule has 1 aromatic rings. The lowest BCUT2D eigenvalue weighted by atomic mass is 10.2. The van der Waals surface area contributed by atoms with Crippen molar-refractivity contribution in [2.75, 3.05) is 13.1 Å². The fourth-order valence-electron chi connectivity index (χ4n) is 2.00. The highest BCUT2D eigenvalue weighted by Gasteiger charge is 2.22. The van der Waals surface area contributed by atoms with E-state index in [9.17, 15) is 8.42 Å². The summed E-state index contributed by atoms with van der Waals surface area (Å²) in [6, 6.07) is 4.84. The van der Waals surface area contributed by atoms with Crippen molar-refractivity contribution in [3.05, 3.63) is 28.8 Å². The molecule has 0 bridgehead atoms. The Balaban J connectivity index is 2.04. The molecule has 6 heteroatoms. The Kier molecular flexibility index (Phi) is 5.43.